The summed E-state index contributed by atoms with van der Waals surface area (Å²) in [7, 11) is 0. The normalized spacial score (nSPS) is 17.9. The van der Waals surface area contributed by atoms with Gasteiger partial charge in [-0.1, -0.05) is 38.5 Å². The van der Waals surface area contributed by atoms with Crippen molar-refractivity contribution in [3.63, 3.8) is 0 Å². The minimum Gasteiger partial charge on any atom is -0.494 e. The first-order chi connectivity index (χ1) is 17.2. The van der Waals surface area contributed by atoms with Crippen molar-refractivity contribution in [2.75, 3.05) is 13.2 Å². The van der Waals surface area contributed by atoms with Crippen molar-refractivity contribution in [2.45, 2.75) is 77.0 Å². The van der Waals surface area contributed by atoms with Gasteiger partial charge in [0.2, 0.25) is 0 Å². The molecule has 0 aromatic heterocycles. The summed E-state index contributed by atoms with van der Waals surface area (Å²) in [5.74, 6) is 2.19. The van der Waals surface area contributed by atoms with Crippen molar-refractivity contribution in [1.29, 1.82) is 0 Å². The van der Waals surface area contributed by atoms with E-state index in [1.165, 1.54) is 50.2 Å². The number of esters is 1. The number of nitrogens with zero attached hydrogens (tertiary/aromatic N) is 1. The maximum Gasteiger partial charge on any atom is 0.330 e. The molecule has 0 spiro atoms. The van der Waals surface area contributed by atoms with Crippen molar-refractivity contribution < 1.29 is 14.3 Å². The summed E-state index contributed by atoms with van der Waals surface area (Å²) in [5.41, 5.74) is 3.52. The van der Waals surface area contributed by atoms with E-state index in [0.29, 0.717) is 13.2 Å². The zero-order valence-corrected chi connectivity index (χ0v) is 21.3. The highest BCUT2D eigenvalue weighted by Crippen LogP contribution is 2.37. The van der Waals surface area contributed by atoms with Gasteiger partial charge in [-0.3, -0.25) is 4.99 Å². The third-order valence-electron chi connectivity index (χ3n) is 6.87. The van der Waals surface area contributed by atoms with Gasteiger partial charge >= 0.3 is 5.97 Å². The first kappa shape index (κ1) is 26.7. The smallest absolute Gasteiger partial charge is 0.330 e. The second kappa shape index (κ2) is 15.2. The third-order valence-corrected chi connectivity index (χ3v) is 6.87. The molecule has 0 amide bonds. The number of ether oxygens (including phenoxy) is 2. The predicted octanol–water partition coefficient (Wildman–Crippen LogP) is 8.18. The zero-order valence-electron chi connectivity index (χ0n) is 21.3. The Kier molecular flexibility index (Phi) is 11.6. The van der Waals surface area contributed by atoms with Crippen LogP contribution >= 0.6 is 0 Å². The average molecular weight is 476 g/mol. The predicted molar refractivity (Wildman–Crippen MR) is 145 cm³/mol. The molecular formula is C31H41NO3. The molecule has 1 saturated carbocycles. The topological polar surface area (TPSA) is 47.9 Å². The maximum absolute atomic E-state index is 11.0. The van der Waals surface area contributed by atoms with Gasteiger partial charge in [0, 0.05) is 12.3 Å². The standard InChI is InChI=1S/C31H41NO3/c1-3-9-25-10-14-27(15-11-25)28-16-18-29(19-17-28)32-24-26-12-20-30(21-13-26)34-22-7-5-6-8-23-35-31(33)4-2/h4,12-13,16-21,24-25,27H,2-3,5-11,14-15,22-23H2,1H3/b32-24+. The van der Waals surface area contributed by atoms with Crippen LogP contribution in [-0.2, 0) is 9.53 Å². The maximum atomic E-state index is 11.0. The van der Waals surface area contributed by atoms with Gasteiger partial charge in [-0.25, -0.2) is 4.79 Å². The second-order valence-corrected chi connectivity index (χ2v) is 9.56. The first-order valence-electron chi connectivity index (χ1n) is 13.3. The van der Waals surface area contributed by atoms with Crippen molar-refractivity contribution in [2.24, 2.45) is 10.9 Å². The number of benzene rings is 2. The Bertz CT molecular complexity index is 909. The Balaban J connectivity index is 1.34. The monoisotopic (exact) mass is 475 g/mol. The highest BCUT2D eigenvalue weighted by Gasteiger charge is 2.21. The molecule has 4 nitrogen and oxygen atoms in total. The lowest BCUT2D eigenvalue weighted by molar-refractivity contribution is -0.137. The molecule has 0 N–H and O–H groups in total. The number of hydrogen-bond acceptors (Lipinski definition) is 4. The van der Waals surface area contributed by atoms with Crippen LogP contribution in [0.4, 0.5) is 5.69 Å². The summed E-state index contributed by atoms with van der Waals surface area (Å²) in [6.45, 7) is 6.83. The van der Waals surface area contributed by atoms with Gasteiger partial charge in [-0.05, 0) is 111 Å². The van der Waals surface area contributed by atoms with Gasteiger partial charge in [0.05, 0.1) is 18.9 Å². The molecule has 2 aromatic rings. The number of unbranched alkanes of at least 4 members (excludes halogenated alkanes) is 3. The quantitative estimate of drug-likeness (QED) is 0.120. The summed E-state index contributed by atoms with van der Waals surface area (Å²) >= 11 is 0. The first-order valence-corrected chi connectivity index (χ1v) is 13.3. The number of carbonyl (C=O) groups excluding carboxylic acids is 1. The van der Waals surface area contributed by atoms with Gasteiger partial charge in [0.25, 0.3) is 0 Å². The molecule has 0 heterocycles. The molecular weight excluding hydrogens is 434 g/mol. The van der Waals surface area contributed by atoms with Gasteiger partial charge in [-0.2, -0.15) is 0 Å². The van der Waals surface area contributed by atoms with Crippen molar-refractivity contribution >= 4 is 17.9 Å². The van der Waals surface area contributed by atoms with E-state index < -0.39 is 0 Å². The Morgan fingerprint density at radius 1 is 0.943 bits per heavy atom. The van der Waals surface area contributed by atoms with Crippen LogP contribution < -0.4 is 4.74 Å². The molecule has 2 aromatic carbocycles. The fraction of sp³-hybridized carbons (Fsp3) is 0.484. The summed E-state index contributed by atoms with van der Waals surface area (Å²) in [6.07, 6.45) is 15.2. The number of aliphatic imine (C=N–C) groups is 1. The van der Waals surface area contributed by atoms with E-state index >= 15 is 0 Å². The molecule has 1 aliphatic carbocycles. The number of hydrogen-bond donors (Lipinski definition) is 0. The molecule has 4 heteroatoms. The van der Waals surface area contributed by atoms with E-state index in [-0.39, 0.29) is 5.97 Å². The number of rotatable bonds is 14. The van der Waals surface area contributed by atoms with E-state index in [0.717, 1.165) is 54.5 Å². The molecule has 1 fully saturated rings. The molecule has 35 heavy (non-hydrogen) atoms. The Hall–Kier alpha value is -2.88. The summed E-state index contributed by atoms with van der Waals surface area (Å²) in [5, 5.41) is 0. The molecule has 188 valence electrons. The molecule has 0 radical (unpaired) electrons. The highest BCUT2D eigenvalue weighted by molar-refractivity contribution is 5.82. The van der Waals surface area contributed by atoms with Crippen LogP contribution in [0.5, 0.6) is 5.75 Å². The van der Waals surface area contributed by atoms with Crippen LogP contribution in [0, 0.1) is 5.92 Å². The van der Waals surface area contributed by atoms with E-state index in [1.54, 1.807) is 0 Å². The molecule has 3 rings (SSSR count). The highest BCUT2D eigenvalue weighted by atomic mass is 16.5. The van der Waals surface area contributed by atoms with Crippen LogP contribution in [0.25, 0.3) is 0 Å². The minimum atomic E-state index is -0.352. The third kappa shape index (κ3) is 9.71. The van der Waals surface area contributed by atoms with Crippen LogP contribution in [0.1, 0.15) is 88.2 Å². The van der Waals surface area contributed by atoms with Crippen LogP contribution in [0.15, 0.2) is 66.2 Å². The molecule has 0 bridgehead atoms. The average Bonchev–Trinajstić information content (AvgIpc) is 2.90. The van der Waals surface area contributed by atoms with Crippen LogP contribution in [0.2, 0.25) is 0 Å². The second-order valence-electron chi connectivity index (χ2n) is 9.56. The fourth-order valence-corrected chi connectivity index (χ4v) is 4.80. The lowest BCUT2D eigenvalue weighted by atomic mass is 9.77. The summed E-state index contributed by atoms with van der Waals surface area (Å²) in [6, 6.07) is 16.9. The van der Waals surface area contributed by atoms with Gasteiger partial charge < -0.3 is 9.47 Å². The van der Waals surface area contributed by atoms with Crippen molar-refractivity contribution in [1.82, 2.24) is 0 Å². The molecule has 0 aliphatic heterocycles. The Morgan fingerprint density at radius 2 is 1.63 bits per heavy atom. The molecule has 1 aliphatic rings. The largest absolute Gasteiger partial charge is 0.494 e. The lowest BCUT2D eigenvalue weighted by Gasteiger charge is -2.28. The van der Waals surface area contributed by atoms with Gasteiger partial charge in [-0.15, -0.1) is 0 Å². The Morgan fingerprint density at radius 3 is 2.29 bits per heavy atom. The molecule has 0 saturated heterocycles. The fourth-order valence-electron chi connectivity index (χ4n) is 4.80. The van der Waals surface area contributed by atoms with Crippen LogP contribution in [0.3, 0.4) is 0 Å². The molecule has 0 unspecified atom stereocenters. The SMILES string of the molecule is C=CC(=O)OCCCCCCOc1ccc(/C=N/c2ccc(C3CCC(CCC)CC3)cc2)cc1. The summed E-state index contributed by atoms with van der Waals surface area (Å²) in [4.78, 5) is 15.6. The van der Waals surface area contributed by atoms with E-state index in [4.69, 9.17) is 9.47 Å². The summed E-state index contributed by atoms with van der Waals surface area (Å²) < 4.78 is 10.8. The van der Waals surface area contributed by atoms with E-state index in [1.807, 2.05) is 30.5 Å². The zero-order chi connectivity index (χ0) is 24.7. The minimum absolute atomic E-state index is 0.352. The van der Waals surface area contributed by atoms with Gasteiger partial charge in [0.1, 0.15) is 5.75 Å². The number of carbonyl (C=O) groups is 1. The van der Waals surface area contributed by atoms with E-state index in [2.05, 4.69) is 42.8 Å². The Labute approximate surface area is 211 Å². The van der Waals surface area contributed by atoms with Crippen LogP contribution in [-0.4, -0.2) is 25.4 Å². The van der Waals surface area contributed by atoms with Crippen molar-refractivity contribution in [3.8, 4) is 5.75 Å². The van der Waals surface area contributed by atoms with E-state index in [9.17, 15) is 4.79 Å². The van der Waals surface area contributed by atoms with Gasteiger partial charge in [0.15, 0.2) is 0 Å². The lowest BCUT2D eigenvalue weighted by Crippen LogP contribution is -2.13. The van der Waals surface area contributed by atoms with Crippen molar-refractivity contribution in [3.05, 3.63) is 72.3 Å². The molecule has 0 atom stereocenters.